The van der Waals surface area contributed by atoms with E-state index >= 15 is 0 Å². The zero-order valence-electron chi connectivity index (χ0n) is 7.17. The van der Waals surface area contributed by atoms with Crippen LogP contribution in [-0.2, 0) is 0 Å². The highest BCUT2D eigenvalue weighted by Gasteiger charge is 1.96. The molecule has 0 N–H and O–H groups in total. The van der Waals surface area contributed by atoms with Crippen molar-refractivity contribution in [1.29, 1.82) is 5.26 Å². The Morgan fingerprint density at radius 2 is 2.36 bits per heavy atom. The molecule has 0 saturated heterocycles. The van der Waals surface area contributed by atoms with Gasteiger partial charge in [0.05, 0.1) is 12.5 Å². The van der Waals surface area contributed by atoms with Gasteiger partial charge in [-0.05, 0) is 13.0 Å². The minimum Gasteiger partial charge on any atom is -0.374 e. The maximum Gasteiger partial charge on any atom is 0.0640 e. The fraction of sp³-hybridized carbons (Fsp3) is 0.444. The lowest BCUT2D eigenvalue weighted by Crippen LogP contribution is -2.17. The number of rotatable bonds is 4. The first-order valence-corrected chi connectivity index (χ1v) is 3.63. The van der Waals surface area contributed by atoms with Gasteiger partial charge in [-0.25, -0.2) is 0 Å². The Balaban J connectivity index is 3.92. The minimum absolute atomic E-state index is 0.557. The van der Waals surface area contributed by atoms with Gasteiger partial charge in [0.15, 0.2) is 0 Å². The molecule has 0 aliphatic heterocycles. The van der Waals surface area contributed by atoms with Gasteiger partial charge in [0.1, 0.15) is 0 Å². The summed E-state index contributed by atoms with van der Waals surface area (Å²) < 4.78 is 0. The maximum absolute atomic E-state index is 8.32. The lowest BCUT2D eigenvalue weighted by atomic mass is 10.3. The standard InChI is InChI=1S/C9H14N2/c1-4-9(5-2)11(3)8-6-7-10/h4-5H,1,6,8H2,2-3H3. The fourth-order valence-corrected chi connectivity index (χ4v) is 0.841. The molecule has 0 aromatic heterocycles. The van der Waals surface area contributed by atoms with Crippen LogP contribution in [0.3, 0.4) is 0 Å². The molecule has 0 aliphatic carbocycles. The Labute approximate surface area is 68.4 Å². The molecule has 0 saturated carbocycles. The summed E-state index contributed by atoms with van der Waals surface area (Å²) in [5.74, 6) is 0. The highest BCUT2D eigenvalue weighted by molar-refractivity contribution is 5.13. The van der Waals surface area contributed by atoms with Crippen molar-refractivity contribution in [3.8, 4) is 6.07 Å². The third-order valence-corrected chi connectivity index (χ3v) is 1.50. The fourth-order valence-electron chi connectivity index (χ4n) is 0.841. The molecule has 60 valence electrons. The van der Waals surface area contributed by atoms with Crippen molar-refractivity contribution in [3.05, 3.63) is 24.4 Å². The molecular formula is C9H14N2. The molecule has 0 spiro atoms. The highest BCUT2D eigenvalue weighted by atomic mass is 15.1. The van der Waals surface area contributed by atoms with Crippen LogP contribution in [0.25, 0.3) is 0 Å². The maximum atomic E-state index is 8.32. The van der Waals surface area contributed by atoms with E-state index in [2.05, 4.69) is 12.6 Å². The monoisotopic (exact) mass is 150 g/mol. The van der Waals surface area contributed by atoms with Gasteiger partial charge in [-0.15, -0.1) is 0 Å². The predicted molar refractivity (Wildman–Crippen MR) is 46.8 cm³/mol. The van der Waals surface area contributed by atoms with Crippen LogP contribution in [0, 0.1) is 11.3 Å². The first kappa shape index (κ1) is 9.77. The van der Waals surface area contributed by atoms with Crippen LogP contribution < -0.4 is 0 Å². The molecule has 0 aromatic rings. The molecule has 0 bridgehead atoms. The van der Waals surface area contributed by atoms with Crippen molar-refractivity contribution in [3.63, 3.8) is 0 Å². The predicted octanol–water partition coefficient (Wildman–Crippen LogP) is 1.92. The van der Waals surface area contributed by atoms with Gasteiger partial charge in [-0.1, -0.05) is 12.7 Å². The van der Waals surface area contributed by atoms with Gasteiger partial charge in [0.25, 0.3) is 0 Å². The second kappa shape index (κ2) is 5.55. The number of nitriles is 1. The highest BCUT2D eigenvalue weighted by Crippen LogP contribution is 2.01. The van der Waals surface area contributed by atoms with Gasteiger partial charge in [-0.2, -0.15) is 5.26 Å². The number of nitrogens with zero attached hydrogens (tertiary/aromatic N) is 2. The molecule has 0 fully saturated rings. The van der Waals surface area contributed by atoms with E-state index in [1.54, 1.807) is 6.08 Å². The van der Waals surface area contributed by atoms with E-state index in [-0.39, 0.29) is 0 Å². The number of likely N-dealkylation sites (N-methyl/N-ethyl adjacent to an activating group) is 1. The van der Waals surface area contributed by atoms with Crippen molar-refractivity contribution < 1.29 is 0 Å². The van der Waals surface area contributed by atoms with Crippen molar-refractivity contribution in [2.45, 2.75) is 13.3 Å². The van der Waals surface area contributed by atoms with Crippen LogP contribution in [-0.4, -0.2) is 18.5 Å². The van der Waals surface area contributed by atoms with Crippen LogP contribution in [0.4, 0.5) is 0 Å². The van der Waals surface area contributed by atoms with E-state index in [0.29, 0.717) is 6.42 Å². The lowest BCUT2D eigenvalue weighted by molar-refractivity contribution is 0.440. The Hall–Kier alpha value is -1.23. The third kappa shape index (κ3) is 3.47. The summed E-state index contributed by atoms with van der Waals surface area (Å²) in [6, 6.07) is 2.10. The second-order valence-corrected chi connectivity index (χ2v) is 2.25. The normalized spacial score (nSPS) is 10.5. The van der Waals surface area contributed by atoms with E-state index in [0.717, 1.165) is 12.2 Å². The summed E-state index contributed by atoms with van der Waals surface area (Å²) in [5, 5.41) is 8.32. The average Bonchev–Trinajstić information content (AvgIpc) is 2.03. The molecule has 11 heavy (non-hydrogen) atoms. The zero-order chi connectivity index (χ0) is 8.69. The smallest absolute Gasteiger partial charge is 0.0640 e. The van der Waals surface area contributed by atoms with Crippen molar-refractivity contribution in [1.82, 2.24) is 4.90 Å². The molecule has 2 heteroatoms. The molecule has 2 nitrogen and oxygen atoms in total. The quantitative estimate of drug-likeness (QED) is 0.572. The van der Waals surface area contributed by atoms with Gasteiger partial charge < -0.3 is 4.90 Å². The zero-order valence-corrected chi connectivity index (χ0v) is 7.17. The Morgan fingerprint density at radius 3 is 2.73 bits per heavy atom. The first-order chi connectivity index (χ1) is 5.26. The molecule has 0 unspecified atom stereocenters. The van der Waals surface area contributed by atoms with E-state index < -0.39 is 0 Å². The summed E-state index contributed by atoms with van der Waals surface area (Å²) in [5.41, 5.74) is 1.07. The molecule has 0 amide bonds. The molecule has 0 aliphatic rings. The SMILES string of the molecule is C=CC(=CC)N(C)CCC#N. The first-order valence-electron chi connectivity index (χ1n) is 3.63. The summed E-state index contributed by atoms with van der Waals surface area (Å²) in [6.07, 6.45) is 4.32. The van der Waals surface area contributed by atoms with Crippen LogP contribution in [0.5, 0.6) is 0 Å². The summed E-state index contributed by atoms with van der Waals surface area (Å²) in [6.45, 7) is 6.39. The van der Waals surface area contributed by atoms with Gasteiger partial charge in [-0.3, -0.25) is 0 Å². The Bertz CT molecular complexity index is 186. The van der Waals surface area contributed by atoms with Gasteiger partial charge >= 0.3 is 0 Å². The molecule has 0 rings (SSSR count). The van der Waals surface area contributed by atoms with Crippen molar-refractivity contribution in [2.75, 3.05) is 13.6 Å². The Kier molecular flexibility index (Phi) is 4.93. The number of allylic oxidation sites excluding steroid dienone is 2. The van der Waals surface area contributed by atoms with E-state index in [4.69, 9.17) is 5.26 Å². The van der Waals surface area contributed by atoms with Crippen molar-refractivity contribution >= 4 is 0 Å². The van der Waals surface area contributed by atoms with Crippen LogP contribution in [0.1, 0.15) is 13.3 Å². The lowest BCUT2D eigenvalue weighted by Gasteiger charge is -2.17. The Morgan fingerprint density at radius 1 is 1.73 bits per heavy atom. The van der Waals surface area contributed by atoms with Crippen molar-refractivity contribution in [2.24, 2.45) is 0 Å². The van der Waals surface area contributed by atoms with Gasteiger partial charge in [0, 0.05) is 19.3 Å². The summed E-state index contributed by atoms with van der Waals surface area (Å²) in [4.78, 5) is 2.01. The van der Waals surface area contributed by atoms with Crippen LogP contribution in [0.15, 0.2) is 24.4 Å². The molecule has 0 radical (unpaired) electrons. The topological polar surface area (TPSA) is 27.0 Å². The van der Waals surface area contributed by atoms with E-state index in [1.807, 2.05) is 24.9 Å². The van der Waals surface area contributed by atoms with Crippen LogP contribution in [0.2, 0.25) is 0 Å². The number of hydrogen-bond donors (Lipinski definition) is 0. The number of hydrogen-bond acceptors (Lipinski definition) is 2. The van der Waals surface area contributed by atoms with Crippen LogP contribution >= 0.6 is 0 Å². The largest absolute Gasteiger partial charge is 0.374 e. The average molecular weight is 150 g/mol. The summed E-state index contributed by atoms with van der Waals surface area (Å²) >= 11 is 0. The third-order valence-electron chi connectivity index (χ3n) is 1.50. The second-order valence-electron chi connectivity index (χ2n) is 2.25. The van der Waals surface area contributed by atoms with E-state index in [1.165, 1.54) is 0 Å². The summed E-state index contributed by atoms with van der Waals surface area (Å²) in [7, 11) is 1.95. The van der Waals surface area contributed by atoms with E-state index in [9.17, 15) is 0 Å². The minimum atomic E-state index is 0.557. The van der Waals surface area contributed by atoms with Gasteiger partial charge in [0.2, 0.25) is 0 Å². The molecule has 0 heterocycles. The molecule has 0 aromatic carbocycles. The molecular weight excluding hydrogens is 136 g/mol. The molecule has 0 atom stereocenters.